The average molecular weight is 268 g/mol. The van der Waals surface area contributed by atoms with Gasteiger partial charge in [-0.05, 0) is 48.2 Å². The summed E-state index contributed by atoms with van der Waals surface area (Å²) < 4.78 is 0. The molecule has 2 aliphatic carbocycles. The number of carbonyl (C=O) groups excluding carboxylic acids is 1. The zero-order chi connectivity index (χ0) is 14.4. The fraction of sp³-hybridized carbons (Fsp3) is 0.526. The summed E-state index contributed by atoms with van der Waals surface area (Å²) in [5, 5.41) is 0. The Morgan fingerprint density at radius 3 is 2.50 bits per heavy atom. The number of hydrogen-bond donors (Lipinski definition) is 0. The molecule has 20 heavy (non-hydrogen) atoms. The average Bonchev–Trinajstić information content (AvgIpc) is 2.74. The molecule has 1 aromatic carbocycles. The van der Waals surface area contributed by atoms with Crippen molar-refractivity contribution in [1.29, 1.82) is 0 Å². The van der Waals surface area contributed by atoms with Crippen LogP contribution in [0.4, 0.5) is 0 Å². The maximum Gasteiger partial charge on any atom is 0.165 e. The Morgan fingerprint density at radius 2 is 1.90 bits per heavy atom. The molecule has 2 atom stereocenters. The molecule has 0 amide bonds. The molecule has 0 N–H and O–H groups in total. The van der Waals surface area contributed by atoms with E-state index in [9.17, 15) is 4.79 Å². The van der Waals surface area contributed by atoms with Crippen molar-refractivity contribution in [1.82, 2.24) is 0 Å². The normalized spacial score (nSPS) is 33.0. The van der Waals surface area contributed by atoms with Crippen LogP contribution in [-0.4, -0.2) is 5.78 Å². The number of Topliss-reactive ketones (excluding diaryl/α,β-unsaturated/α-hetero) is 1. The van der Waals surface area contributed by atoms with Crippen molar-refractivity contribution in [3.63, 3.8) is 0 Å². The van der Waals surface area contributed by atoms with Gasteiger partial charge in [0.25, 0.3) is 0 Å². The lowest BCUT2D eigenvalue weighted by Crippen LogP contribution is -2.32. The lowest BCUT2D eigenvalue weighted by molar-refractivity contribution is -0.125. The van der Waals surface area contributed by atoms with E-state index >= 15 is 0 Å². The van der Waals surface area contributed by atoms with E-state index in [1.807, 2.05) is 6.07 Å². The van der Waals surface area contributed by atoms with Gasteiger partial charge in [0.05, 0.1) is 0 Å². The highest BCUT2D eigenvalue weighted by Gasteiger charge is 2.63. The number of ketones is 1. The summed E-state index contributed by atoms with van der Waals surface area (Å²) in [6, 6.07) is 10.5. The molecule has 0 aliphatic heterocycles. The van der Waals surface area contributed by atoms with Crippen LogP contribution in [0, 0.1) is 16.7 Å². The quantitative estimate of drug-likeness (QED) is 0.734. The highest BCUT2D eigenvalue weighted by molar-refractivity contribution is 6.04. The van der Waals surface area contributed by atoms with Gasteiger partial charge in [-0.15, -0.1) is 0 Å². The van der Waals surface area contributed by atoms with Crippen LogP contribution in [0.3, 0.4) is 0 Å². The summed E-state index contributed by atoms with van der Waals surface area (Å²) in [7, 11) is 0. The number of fused-ring (bicyclic) bond motifs is 2. The van der Waals surface area contributed by atoms with E-state index in [2.05, 4.69) is 51.1 Å². The summed E-state index contributed by atoms with van der Waals surface area (Å²) in [6.45, 7) is 6.73. The Bertz CT molecular complexity index is 552. The van der Waals surface area contributed by atoms with Gasteiger partial charge in [-0.2, -0.15) is 0 Å². The smallest absolute Gasteiger partial charge is 0.165 e. The zero-order valence-electron chi connectivity index (χ0n) is 12.8. The fourth-order valence-corrected chi connectivity index (χ4v) is 4.20. The van der Waals surface area contributed by atoms with Gasteiger partial charge in [-0.3, -0.25) is 4.79 Å². The Balaban J connectivity index is 1.76. The number of allylic oxidation sites excluding steroid dienone is 2. The largest absolute Gasteiger partial charge is 0.294 e. The Kier molecular flexibility index (Phi) is 3.12. The van der Waals surface area contributed by atoms with Gasteiger partial charge in [0.1, 0.15) is 0 Å². The zero-order valence-corrected chi connectivity index (χ0v) is 12.8. The van der Waals surface area contributed by atoms with E-state index < -0.39 is 0 Å². The van der Waals surface area contributed by atoms with Crippen LogP contribution >= 0.6 is 0 Å². The Morgan fingerprint density at radius 1 is 1.20 bits per heavy atom. The van der Waals surface area contributed by atoms with Crippen LogP contribution in [0.1, 0.15) is 45.6 Å². The summed E-state index contributed by atoms with van der Waals surface area (Å²) in [6.07, 6.45) is 6.49. The molecule has 1 heteroatoms. The van der Waals surface area contributed by atoms with Crippen LogP contribution in [0.5, 0.6) is 0 Å². The van der Waals surface area contributed by atoms with Crippen LogP contribution in [0.25, 0.3) is 0 Å². The third-order valence-electron chi connectivity index (χ3n) is 6.01. The van der Waals surface area contributed by atoms with Gasteiger partial charge >= 0.3 is 0 Å². The number of benzene rings is 1. The summed E-state index contributed by atoms with van der Waals surface area (Å²) in [4.78, 5) is 12.7. The molecule has 0 radical (unpaired) electrons. The van der Waals surface area contributed by atoms with E-state index in [4.69, 9.17) is 0 Å². The first kappa shape index (κ1) is 13.6. The van der Waals surface area contributed by atoms with Crippen molar-refractivity contribution in [2.24, 2.45) is 16.7 Å². The molecule has 0 heterocycles. The third kappa shape index (κ3) is 1.79. The summed E-state index contributed by atoms with van der Waals surface area (Å²) >= 11 is 0. The van der Waals surface area contributed by atoms with Gasteiger partial charge in [0.15, 0.2) is 5.78 Å². The van der Waals surface area contributed by atoms with Crippen molar-refractivity contribution >= 4 is 5.78 Å². The van der Waals surface area contributed by atoms with Crippen molar-refractivity contribution < 1.29 is 4.79 Å². The van der Waals surface area contributed by atoms with Crippen LogP contribution < -0.4 is 0 Å². The minimum Gasteiger partial charge on any atom is -0.294 e. The standard InChI is InChI=1S/C19H24O/c1-18(2)16-12-13-19(18,3)17(20)15(16)11-7-10-14-8-5-4-6-9-14/h4-6,8-9,11,16H,7,10,12-13H2,1-3H3/t16-,19+/m1/s1. The second kappa shape index (κ2) is 4.58. The lowest BCUT2D eigenvalue weighted by Gasteiger charge is -2.31. The highest BCUT2D eigenvalue weighted by Crippen LogP contribution is 2.65. The molecule has 2 fully saturated rings. The van der Waals surface area contributed by atoms with Gasteiger partial charge in [-0.1, -0.05) is 57.2 Å². The lowest BCUT2D eigenvalue weighted by atomic mass is 9.70. The molecule has 0 saturated heterocycles. The minimum absolute atomic E-state index is 0.115. The first-order chi connectivity index (χ1) is 9.47. The minimum atomic E-state index is -0.115. The van der Waals surface area contributed by atoms with Crippen molar-refractivity contribution in [3.8, 4) is 0 Å². The second-order valence-electron chi connectivity index (χ2n) is 7.16. The number of carbonyl (C=O) groups is 1. The maximum absolute atomic E-state index is 12.7. The van der Waals surface area contributed by atoms with Gasteiger partial charge in [-0.25, -0.2) is 0 Å². The van der Waals surface area contributed by atoms with Gasteiger partial charge in [0.2, 0.25) is 0 Å². The van der Waals surface area contributed by atoms with E-state index in [1.165, 1.54) is 12.0 Å². The molecule has 0 unspecified atom stereocenters. The summed E-state index contributed by atoms with van der Waals surface area (Å²) in [5.41, 5.74) is 2.50. The Labute approximate surface area is 122 Å². The molecule has 1 nitrogen and oxygen atoms in total. The first-order valence-corrected chi connectivity index (χ1v) is 7.75. The van der Waals surface area contributed by atoms with E-state index in [-0.39, 0.29) is 10.8 Å². The van der Waals surface area contributed by atoms with Crippen LogP contribution in [0.15, 0.2) is 42.0 Å². The molecule has 1 aromatic rings. The second-order valence-corrected chi connectivity index (χ2v) is 7.16. The van der Waals surface area contributed by atoms with E-state index in [0.717, 1.165) is 24.8 Å². The van der Waals surface area contributed by atoms with Crippen LogP contribution in [-0.2, 0) is 11.2 Å². The predicted molar refractivity (Wildman–Crippen MR) is 82.5 cm³/mol. The van der Waals surface area contributed by atoms with Crippen LogP contribution in [0.2, 0.25) is 0 Å². The first-order valence-electron chi connectivity index (χ1n) is 7.75. The third-order valence-corrected chi connectivity index (χ3v) is 6.01. The number of aryl methyl sites for hydroxylation is 1. The Hall–Kier alpha value is -1.37. The van der Waals surface area contributed by atoms with E-state index in [1.54, 1.807) is 0 Å². The monoisotopic (exact) mass is 268 g/mol. The SMILES string of the molecule is CC1(C)[C@@H]2CC[C@@]1(C)C(=O)C2=CCCc1ccccc1. The van der Waals surface area contributed by atoms with Gasteiger partial charge < -0.3 is 0 Å². The highest BCUT2D eigenvalue weighted by atomic mass is 16.1. The van der Waals surface area contributed by atoms with Crippen molar-refractivity contribution in [3.05, 3.63) is 47.5 Å². The van der Waals surface area contributed by atoms with Crippen molar-refractivity contribution in [2.45, 2.75) is 46.5 Å². The molecule has 2 aliphatic rings. The number of rotatable bonds is 3. The van der Waals surface area contributed by atoms with E-state index in [0.29, 0.717) is 11.7 Å². The molecule has 106 valence electrons. The molecule has 3 rings (SSSR count). The summed E-state index contributed by atoms with van der Waals surface area (Å²) in [5.74, 6) is 0.905. The maximum atomic E-state index is 12.7. The molecular formula is C19H24O. The topological polar surface area (TPSA) is 17.1 Å². The fourth-order valence-electron chi connectivity index (χ4n) is 4.20. The molecule has 2 saturated carbocycles. The molecule has 0 aromatic heterocycles. The van der Waals surface area contributed by atoms with Gasteiger partial charge in [0, 0.05) is 5.41 Å². The number of hydrogen-bond acceptors (Lipinski definition) is 1. The predicted octanol–water partition coefficient (Wildman–Crippen LogP) is 4.57. The molecule has 0 spiro atoms. The molecular weight excluding hydrogens is 244 g/mol. The molecule has 2 bridgehead atoms. The van der Waals surface area contributed by atoms with Crippen molar-refractivity contribution in [2.75, 3.05) is 0 Å².